The molecule has 0 aromatic carbocycles. The number of carbonyl (C=O) groups excluding carboxylic acids is 2. The van der Waals surface area contributed by atoms with Gasteiger partial charge in [-0.15, -0.1) is 11.3 Å². The number of nitriles is 1. The third-order valence-corrected chi connectivity index (χ3v) is 6.25. The number of hydrogen-bond acceptors (Lipinski definition) is 6. The summed E-state index contributed by atoms with van der Waals surface area (Å²) in [5.41, 5.74) is 4.51. The number of hydrogen-bond donors (Lipinski definition) is 1. The molecule has 1 N–H and O–H groups in total. The topological polar surface area (TPSA) is 97.0 Å². The minimum absolute atomic E-state index is 0.0602. The van der Waals surface area contributed by atoms with Crippen LogP contribution in [-0.4, -0.2) is 28.0 Å². The molecule has 0 saturated heterocycles. The number of esters is 1. The van der Waals surface area contributed by atoms with Crippen LogP contribution in [0.2, 0.25) is 0 Å². The fourth-order valence-corrected chi connectivity index (χ4v) is 4.50. The summed E-state index contributed by atoms with van der Waals surface area (Å²) < 4.78 is 7.14. The quantitative estimate of drug-likeness (QED) is 0.329. The molecule has 0 aliphatic heterocycles. The molecule has 0 spiro atoms. The van der Waals surface area contributed by atoms with Crippen LogP contribution in [0.15, 0.2) is 36.2 Å². The van der Waals surface area contributed by atoms with Crippen molar-refractivity contribution in [2.75, 3.05) is 11.9 Å². The Balaban J connectivity index is 1.94. The number of nitrogens with zero attached hydrogens (tertiary/aromatic N) is 3. The van der Waals surface area contributed by atoms with Gasteiger partial charge in [0, 0.05) is 22.5 Å². The van der Waals surface area contributed by atoms with E-state index in [1.165, 1.54) is 11.3 Å². The minimum atomic E-state index is -0.578. The second-order valence-electron chi connectivity index (χ2n) is 7.20. The second kappa shape index (κ2) is 9.62. The van der Waals surface area contributed by atoms with Crippen molar-refractivity contribution in [3.8, 4) is 11.8 Å². The maximum atomic E-state index is 12.9. The average Bonchev–Trinajstić information content (AvgIpc) is 3.20. The lowest BCUT2D eigenvalue weighted by Crippen LogP contribution is -2.16. The molecule has 0 radical (unpaired) electrons. The third-order valence-electron chi connectivity index (χ3n) is 5.13. The van der Waals surface area contributed by atoms with E-state index >= 15 is 0 Å². The highest BCUT2D eigenvalue weighted by Crippen LogP contribution is 2.33. The molecule has 8 heteroatoms. The van der Waals surface area contributed by atoms with Gasteiger partial charge in [-0.1, -0.05) is 0 Å². The van der Waals surface area contributed by atoms with E-state index in [-0.39, 0.29) is 12.2 Å². The summed E-state index contributed by atoms with van der Waals surface area (Å²) in [6, 6.07) is 7.68. The van der Waals surface area contributed by atoms with Gasteiger partial charge in [0.2, 0.25) is 0 Å². The van der Waals surface area contributed by atoms with E-state index in [4.69, 9.17) is 4.74 Å². The van der Waals surface area contributed by atoms with Gasteiger partial charge in [-0.25, -0.2) is 4.79 Å². The standard InChI is InChI=1S/C24H24N4O3S/c1-6-31-24(30)21-15(3)17(5)32-23(21)27-22(29)19(12-25)11-18-10-14(2)28(16(18)4)20-8-7-9-26-13-20/h7-11,13H,6H2,1-5H3,(H,27,29)/b19-11+. The summed E-state index contributed by atoms with van der Waals surface area (Å²) >= 11 is 1.28. The lowest BCUT2D eigenvalue weighted by molar-refractivity contribution is -0.112. The fraction of sp³-hybridized carbons (Fsp3) is 0.250. The summed E-state index contributed by atoms with van der Waals surface area (Å²) in [4.78, 5) is 30.3. The minimum Gasteiger partial charge on any atom is -0.462 e. The van der Waals surface area contributed by atoms with Crippen molar-refractivity contribution in [3.05, 3.63) is 69.1 Å². The molecule has 0 aliphatic rings. The molecule has 3 aromatic heterocycles. The smallest absolute Gasteiger partial charge is 0.341 e. The molecule has 7 nitrogen and oxygen atoms in total. The molecule has 0 bridgehead atoms. The second-order valence-corrected chi connectivity index (χ2v) is 8.43. The Kier molecular flexibility index (Phi) is 6.91. The van der Waals surface area contributed by atoms with Crippen molar-refractivity contribution in [1.29, 1.82) is 5.26 Å². The van der Waals surface area contributed by atoms with Crippen LogP contribution in [0.4, 0.5) is 5.00 Å². The van der Waals surface area contributed by atoms with Crippen LogP contribution in [0.3, 0.4) is 0 Å². The maximum Gasteiger partial charge on any atom is 0.341 e. The van der Waals surface area contributed by atoms with Gasteiger partial charge in [-0.2, -0.15) is 5.26 Å². The van der Waals surface area contributed by atoms with Crippen molar-refractivity contribution in [1.82, 2.24) is 9.55 Å². The van der Waals surface area contributed by atoms with Crippen molar-refractivity contribution >= 4 is 34.3 Å². The Morgan fingerprint density at radius 3 is 2.69 bits per heavy atom. The predicted molar refractivity (Wildman–Crippen MR) is 125 cm³/mol. The molecular formula is C24H24N4O3S. The molecular weight excluding hydrogens is 424 g/mol. The molecule has 164 valence electrons. The molecule has 3 heterocycles. The molecule has 0 unspecified atom stereocenters. The zero-order valence-corrected chi connectivity index (χ0v) is 19.5. The highest BCUT2D eigenvalue weighted by molar-refractivity contribution is 7.16. The predicted octanol–water partition coefficient (Wildman–Crippen LogP) is 4.89. The van der Waals surface area contributed by atoms with E-state index in [0.29, 0.717) is 10.6 Å². The van der Waals surface area contributed by atoms with Crippen molar-refractivity contribution in [3.63, 3.8) is 0 Å². The summed E-state index contributed by atoms with van der Waals surface area (Å²) in [6.45, 7) is 9.50. The monoisotopic (exact) mass is 448 g/mol. The fourth-order valence-electron chi connectivity index (χ4n) is 3.46. The van der Waals surface area contributed by atoms with Crippen LogP contribution in [-0.2, 0) is 9.53 Å². The lowest BCUT2D eigenvalue weighted by atomic mass is 10.1. The molecule has 1 amide bonds. The van der Waals surface area contributed by atoms with Crippen LogP contribution in [0.5, 0.6) is 0 Å². The number of pyridine rings is 1. The molecule has 3 aromatic rings. The number of anilines is 1. The molecule has 0 saturated carbocycles. The van der Waals surface area contributed by atoms with Gasteiger partial charge in [-0.05, 0) is 70.0 Å². The largest absolute Gasteiger partial charge is 0.462 e. The van der Waals surface area contributed by atoms with Crippen LogP contribution < -0.4 is 5.32 Å². The van der Waals surface area contributed by atoms with Gasteiger partial charge in [0.05, 0.1) is 24.1 Å². The Morgan fingerprint density at radius 2 is 2.06 bits per heavy atom. The number of rotatable bonds is 6. The molecule has 0 atom stereocenters. The number of thiophene rings is 1. The number of amides is 1. The first-order chi connectivity index (χ1) is 15.3. The first-order valence-electron chi connectivity index (χ1n) is 10.1. The molecule has 32 heavy (non-hydrogen) atoms. The van der Waals surface area contributed by atoms with E-state index in [9.17, 15) is 14.9 Å². The van der Waals surface area contributed by atoms with E-state index < -0.39 is 11.9 Å². The first-order valence-corrected chi connectivity index (χ1v) is 10.9. The van der Waals surface area contributed by atoms with Crippen LogP contribution in [0.1, 0.15) is 44.7 Å². The van der Waals surface area contributed by atoms with Crippen molar-refractivity contribution < 1.29 is 14.3 Å². The van der Waals surface area contributed by atoms with Gasteiger partial charge < -0.3 is 14.6 Å². The van der Waals surface area contributed by atoms with Crippen molar-refractivity contribution in [2.24, 2.45) is 0 Å². The Morgan fingerprint density at radius 1 is 1.31 bits per heavy atom. The molecule has 0 aliphatic carbocycles. The lowest BCUT2D eigenvalue weighted by Gasteiger charge is -2.09. The van der Waals surface area contributed by atoms with E-state index in [0.717, 1.165) is 33.1 Å². The summed E-state index contributed by atoms with van der Waals surface area (Å²) in [7, 11) is 0. The Bertz CT molecular complexity index is 1250. The van der Waals surface area contributed by atoms with Crippen molar-refractivity contribution in [2.45, 2.75) is 34.6 Å². The number of ether oxygens (including phenoxy) is 1. The molecule has 0 fully saturated rings. The summed E-state index contributed by atoms with van der Waals surface area (Å²) in [5, 5.41) is 12.8. The van der Waals surface area contributed by atoms with E-state index in [1.807, 2.05) is 56.5 Å². The zero-order chi connectivity index (χ0) is 23.4. The van der Waals surface area contributed by atoms with Crippen LogP contribution >= 0.6 is 11.3 Å². The summed E-state index contributed by atoms with van der Waals surface area (Å²) in [6.07, 6.45) is 5.01. The normalized spacial score (nSPS) is 11.2. The summed E-state index contributed by atoms with van der Waals surface area (Å²) in [5.74, 6) is -1.07. The highest BCUT2D eigenvalue weighted by atomic mass is 32.1. The highest BCUT2D eigenvalue weighted by Gasteiger charge is 2.23. The van der Waals surface area contributed by atoms with Gasteiger partial charge in [-0.3, -0.25) is 9.78 Å². The van der Waals surface area contributed by atoms with E-state index in [2.05, 4.69) is 10.3 Å². The SMILES string of the molecule is CCOC(=O)c1c(NC(=O)/C(C#N)=C/c2cc(C)n(-c3cccnc3)c2C)sc(C)c1C. The average molecular weight is 449 g/mol. The molecule has 3 rings (SSSR count). The van der Waals surface area contributed by atoms with Crippen LogP contribution in [0, 0.1) is 39.0 Å². The van der Waals surface area contributed by atoms with Crippen LogP contribution in [0.25, 0.3) is 11.8 Å². The van der Waals surface area contributed by atoms with Gasteiger partial charge in [0.25, 0.3) is 5.91 Å². The van der Waals surface area contributed by atoms with Gasteiger partial charge in [0.1, 0.15) is 16.6 Å². The van der Waals surface area contributed by atoms with Gasteiger partial charge in [0.15, 0.2) is 0 Å². The van der Waals surface area contributed by atoms with E-state index in [1.54, 1.807) is 25.4 Å². The zero-order valence-electron chi connectivity index (χ0n) is 18.6. The number of nitrogens with one attached hydrogen (secondary N) is 1. The number of aromatic nitrogens is 2. The Hall–Kier alpha value is -3.70. The Labute approximate surface area is 191 Å². The first kappa shape index (κ1) is 23.0. The van der Waals surface area contributed by atoms with Gasteiger partial charge >= 0.3 is 5.97 Å². The number of aryl methyl sites for hydroxylation is 2. The maximum absolute atomic E-state index is 12.9. The third kappa shape index (κ3) is 4.48. The number of carbonyl (C=O) groups is 2.